The molecule has 0 aliphatic carbocycles. The first-order chi connectivity index (χ1) is 19.3. The van der Waals surface area contributed by atoms with Gasteiger partial charge >= 0.3 is 6.03 Å². The van der Waals surface area contributed by atoms with E-state index in [2.05, 4.69) is 10.6 Å². The van der Waals surface area contributed by atoms with Crippen LogP contribution in [0.5, 0.6) is 5.75 Å². The molecule has 2 N–H and O–H groups in total. The molecule has 4 amide bonds. The normalized spacial score (nSPS) is 16.6. The Balaban J connectivity index is 1.23. The third-order valence-corrected chi connectivity index (χ3v) is 7.42. The molecule has 0 aromatic heterocycles. The van der Waals surface area contributed by atoms with Crippen molar-refractivity contribution in [1.82, 2.24) is 15.1 Å². The zero-order valence-electron chi connectivity index (χ0n) is 21.8. The third-order valence-electron chi connectivity index (χ3n) is 6.86. The van der Waals surface area contributed by atoms with Crippen LogP contribution in [0.3, 0.4) is 0 Å². The molecule has 206 valence electrons. The maximum absolute atomic E-state index is 13.5. The van der Waals surface area contributed by atoms with Gasteiger partial charge in [-0.05, 0) is 42.3 Å². The van der Waals surface area contributed by atoms with E-state index in [0.717, 1.165) is 5.56 Å². The Labute approximate surface area is 242 Å². The smallest absolute Gasteiger partial charge is 0.322 e. The Morgan fingerprint density at radius 1 is 1.05 bits per heavy atom. The molecular weight excluding hydrogens is 551 g/mol. The van der Waals surface area contributed by atoms with Crippen molar-refractivity contribution in [3.05, 3.63) is 105 Å². The zero-order chi connectivity index (χ0) is 28.2. The molecule has 0 saturated carbocycles. The zero-order valence-corrected chi connectivity index (χ0v) is 23.3. The number of hydrogen-bond acceptors (Lipinski definition) is 4. The van der Waals surface area contributed by atoms with Crippen molar-refractivity contribution in [2.24, 2.45) is 0 Å². The van der Waals surface area contributed by atoms with Crippen LogP contribution in [0.2, 0.25) is 10.0 Å². The van der Waals surface area contributed by atoms with Crippen LogP contribution in [0.25, 0.3) is 0 Å². The molecule has 0 fully saturated rings. The molecule has 3 aromatic rings. The Hall–Kier alpha value is -4.01. The van der Waals surface area contributed by atoms with Gasteiger partial charge in [-0.1, -0.05) is 65.7 Å². The van der Waals surface area contributed by atoms with E-state index in [0.29, 0.717) is 51.5 Å². The number of nitrogens with zero attached hydrogens (tertiary/aromatic N) is 2. The van der Waals surface area contributed by atoms with Gasteiger partial charge in [0.1, 0.15) is 12.4 Å². The molecule has 8 nitrogen and oxygen atoms in total. The Kier molecular flexibility index (Phi) is 8.28. The second kappa shape index (κ2) is 12.0. The minimum atomic E-state index is -0.708. The summed E-state index contributed by atoms with van der Waals surface area (Å²) in [6, 6.07) is 21.0. The number of ether oxygens (including phenoxy) is 1. The number of carbonyl (C=O) groups is 3. The average Bonchev–Trinajstić information content (AvgIpc) is 3.27. The Bertz CT molecular complexity index is 1480. The molecule has 10 heteroatoms. The van der Waals surface area contributed by atoms with Crippen LogP contribution in [-0.2, 0) is 16.2 Å². The van der Waals surface area contributed by atoms with Crippen LogP contribution in [0.4, 0.5) is 10.5 Å². The van der Waals surface area contributed by atoms with Crippen LogP contribution in [0.1, 0.15) is 30.5 Å². The van der Waals surface area contributed by atoms with Gasteiger partial charge in [0.25, 0.3) is 5.91 Å². The largest absolute Gasteiger partial charge is 0.489 e. The molecule has 5 rings (SSSR count). The standard InChI is InChI=1S/C30H28Cl2N4O4/c1-2-36-25-17-35(29(38)27(25)28(34-30(36)39)23-12-11-20(31)15-24(23)32)14-13-26(37)33-21-9-6-10-22(16-21)40-18-19-7-4-3-5-8-19/h3-12,15-16,28H,2,13-14,17-18H2,1H3,(H,33,37)(H,34,39). The quantitative estimate of drug-likeness (QED) is 0.336. The second-order valence-corrected chi connectivity index (χ2v) is 10.3. The van der Waals surface area contributed by atoms with E-state index in [1.165, 1.54) is 0 Å². The van der Waals surface area contributed by atoms with Gasteiger partial charge in [-0.2, -0.15) is 0 Å². The summed E-state index contributed by atoms with van der Waals surface area (Å²) in [5.74, 6) is 0.155. The minimum Gasteiger partial charge on any atom is -0.489 e. The van der Waals surface area contributed by atoms with Crippen molar-refractivity contribution in [3.63, 3.8) is 0 Å². The van der Waals surface area contributed by atoms with E-state index in [1.54, 1.807) is 40.1 Å². The number of carbonyl (C=O) groups excluding carboxylic acids is 3. The molecular formula is C30H28Cl2N4O4. The average molecular weight is 579 g/mol. The van der Waals surface area contributed by atoms with Gasteiger partial charge in [0.05, 0.1) is 23.9 Å². The Morgan fingerprint density at radius 3 is 2.60 bits per heavy atom. The third kappa shape index (κ3) is 5.93. The number of urea groups is 1. The molecule has 3 aromatic carbocycles. The van der Waals surface area contributed by atoms with Crippen molar-refractivity contribution in [1.29, 1.82) is 0 Å². The van der Waals surface area contributed by atoms with Gasteiger partial charge in [-0.25, -0.2) is 4.79 Å². The van der Waals surface area contributed by atoms with Gasteiger partial charge in [0, 0.05) is 41.3 Å². The SMILES string of the molecule is CCN1C(=O)NC(c2ccc(Cl)cc2Cl)C2=C1CN(CCC(=O)Nc1cccc(OCc3ccccc3)c1)C2=O. The van der Waals surface area contributed by atoms with Crippen LogP contribution in [-0.4, -0.2) is 47.3 Å². The highest BCUT2D eigenvalue weighted by Gasteiger charge is 2.44. The van der Waals surface area contributed by atoms with Crippen molar-refractivity contribution >= 4 is 46.7 Å². The number of rotatable bonds is 9. The number of nitrogens with one attached hydrogen (secondary N) is 2. The lowest BCUT2D eigenvalue weighted by Gasteiger charge is -2.33. The summed E-state index contributed by atoms with van der Waals surface area (Å²) >= 11 is 12.5. The molecule has 1 unspecified atom stereocenters. The molecule has 2 aliphatic rings. The number of halogens is 2. The lowest BCUT2D eigenvalue weighted by atomic mass is 9.95. The number of benzene rings is 3. The predicted octanol–water partition coefficient (Wildman–Crippen LogP) is 5.78. The van der Waals surface area contributed by atoms with E-state index in [9.17, 15) is 14.4 Å². The van der Waals surface area contributed by atoms with E-state index >= 15 is 0 Å². The van der Waals surface area contributed by atoms with Gasteiger partial charge in [0.15, 0.2) is 0 Å². The van der Waals surface area contributed by atoms with E-state index in [-0.39, 0.29) is 37.4 Å². The summed E-state index contributed by atoms with van der Waals surface area (Å²) < 4.78 is 5.85. The topological polar surface area (TPSA) is 91.0 Å². The predicted molar refractivity (Wildman–Crippen MR) is 154 cm³/mol. The molecule has 0 radical (unpaired) electrons. The summed E-state index contributed by atoms with van der Waals surface area (Å²) in [7, 11) is 0. The van der Waals surface area contributed by atoms with Crippen LogP contribution < -0.4 is 15.4 Å². The summed E-state index contributed by atoms with van der Waals surface area (Å²) in [5.41, 5.74) is 3.31. The van der Waals surface area contributed by atoms with Crippen molar-refractivity contribution in [2.75, 3.05) is 25.0 Å². The maximum atomic E-state index is 13.5. The summed E-state index contributed by atoms with van der Waals surface area (Å²) in [6.07, 6.45) is 0.0846. The van der Waals surface area contributed by atoms with E-state index in [1.807, 2.05) is 49.4 Å². The second-order valence-electron chi connectivity index (χ2n) is 9.48. The summed E-state index contributed by atoms with van der Waals surface area (Å²) in [4.78, 5) is 42.4. The van der Waals surface area contributed by atoms with Crippen LogP contribution in [0.15, 0.2) is 84.1 Å². The Morgan fingerprint density at radius 2 is 1.85 bits per heavy atom. The fourth-order valence-electron chi connectivity index (χ4n) is 4.90. The molecule has 1 atom stereocenters. The molecule has 0 bridgehead atoms. The monoisotopic (exact) mass is 578 g/mol. The van der Waals surface area contributed by atoms with Gasteiger partial charge in [-0.15, -0.1) is 0 Å². The lowest BCUT2D eigenvalue weighted by Crippen LogP contribution is -2.47. The molecule has 0 spiro atoms. The van der Waals surface area contributed by atoms with Crippen molar-refractivity contribution in [3.8, 4) is 5.75 Å². The van der Waals surface area contributed by atoms with Crippen LogP contribution in [0, 0.1) is 0 Å². The number of hydrogen-bond donors (Lipinski definition) is 2. The highest BCUT2D eigenvalue weighted by atomic mass is 35.5. The molecule has 40 heavy (non-hydrogen) atoms. The summed E-state index contributed by atoms with van der Waals surface area (Å²) in [6.45, 7) is 3.08. The number of amides is 4. The summed E-state index contributed by atoms with van der Waals surface area (Å²) in [5, 5.41) is 6.60. The van der Waals surface area contributed by atoms with Gasteiger partial charge < -0.3 is 20.3 Å². The number of likely N-dealkylation sites (N-methyl/N-ethyl adjacent to an activating group) is 1. The maximum Gasteiger partial charge on any atom is 0.322 e. The lowest BCUT2D eigenvalue weighted by molar-refractivity contribution is -0.126. The highest BCUT2D eigenvalue weighted by molar-refractivity contribution is 6.35. The first kappa shape index (κ1) is 27.6. The van der Waals surface area contributed by atoms with E-state index < -0.39 is 6.04 Å². The van der Waals surface area contributed by atoms with Crippen molar-refractivity contribution < 1.29 is 19.1 Å². The van der Waals surface area contributed by atoms with E-state index in [4.69, 9.17) is 27.9 Å². The van der Waals surface area contributed by atoms with Crippen LogP contribution >= 0.6 is 23.2 Å². The molecule has 2 heterocycles. The highest BCUT2D eigenvalue weighted by Crippen LogP contribution is 2.39. The van der Waals surface area contributed by atoms with Gasteiger partial charge in [-0.3, -0.25) is 14.5 Å². The van der Waals surface area contributed by atoms with Gasteiger partial charge in [0.2, 0.25) is 5.91 Å². The van der Waals surface area contributed by atoms with Crippen molar-refractivity contribution in [2.45, 2.75) is 26.0 Å². The fourth-order valence-corrected chi connectivity index (χ4v) is 5.41. The molecule has 2 aliphatic heterocycles. The molecule has 0 saturated heterocycles. The minimum absolute atomic E-state index is 0.0846. The number of anilines is 1. The first-order valence-corrected chi connectivity index (χ1v) is 13.7. The fraction of sp³-hybridized carbons (Fsp3) is 0.233. The first-order valence-electron chi connectivity index (χ1n) is 13.0.